The number of nitrogens with zero attached hydrogens (tertiary/aromatic N) is 2. The van der Waals surface area contributed by atoms with Crippen LogP contribution >= 0.6 is 0 Å². The Morgan fingerprint density at radius 1 is 1.04 bits per heavy atom. The molecule has 6 nitrogen and oxygen atoms in total. The first kappa shape index (κ1) is 15.8. The van der Waals surface area contributed by atoms with Gasteiger partial charge in [-0.1, -0.05) is 23.3 Å². The van der Waals surface area contributed by atoms with Crippen molar-refractivity contribution >= 4 is 6.01 Å². The Bertz CT molecular complexity index is 818. The van der Waals surface area contributed by atoms with Crippen LogP contribution < -0.4 is 14.8 Å². The molecular weight excluding hydrogens is 313 g/mol. The van der Waals surface area contributed by atoms with Crippen molar-refractivity contribution in [3.63, 3.8) is 0 Å². The molecule has 1 aromatic heterocycles. The SMILES string of the molecule is COc1cccc(-c2nnc(NCc3ccc(F)cc3)o2)c1OC. The molecule has 0 saturated carbocycles. The monoisotopic (exact) mass is 329 g/mol. The summed E-state index contributed by atoms with van der Waals surface area (Å²) in [7, 11) is 3.11. The number of anilines is 1. The average Bonchev–Trinajstić information content (AvgIpc) is 3.09. The van der Waals surface area contributed by atoms with Crippen molar-refractivity contribution in [3.8, 4) is 23.0 Å². The third-order valence-corrected chi connectivity index (χ3v) is 3.42. The molecule has 0 spiro atoms. The Hall–Kier alpha value is -3.09. The highest BCUT2D eigenvalue weighted by Crippen LogP contribution is 2.37. The van der Waals surface area contributed by atoms with Crippen molar-refractivity contribution in [1.29, 1.82) is 0 Å². The summed E-state index contributed by atoms with van der Waals surface area (Å²) in [5.41, 5.74) is 1.54. The Morgan fingerprint density at radius 3 is 2.54 bits per heavy atom. The molecule has 0 saturated heterocycles. The van der Waals surface area contributed by atoms with Gasteiger partial charge in [0.25, 0.3) is 5.89 Å². The molecule has 0 bridgehead atoms. The van der Waals surface area contributed by atoms with Gasteiger partial charge >= 0.3 is 6.01 Å². The molecule has 3 rings (SSSR count). The minimum atomic E-state index is -0.274. The van der Waals surface area contributed by atoms with Crippen LogP contribution in [0.15, 0.2) is 46.9 Å². The highest BCUT2D eigenvalue weighted by molar-refractivity contribution is 5.67. The molecule has 0 amide bonds. The fourth-order valence-corrected chi connectivity index (χ4v) is 2.24. The van der Waals surface area contributed by atoms with Crippen LogP contribution in [0.3, 0.4) is 0 Å². The average molecular weight is 329 g/mol. The number of para-hydroxylation sites is 1. The minimum absolute atomic E-state index is 0.263. The quantitative estimate of drug-likeness (QED) is 0.746. The first-order valence-corrected chi connectivity index (χ1v) is 7.24. The zero-order valence-corrected chi connectivity index (χ0v) is 13.2. The summed E-state index contributed by atoms with van der Waals surface area (Å²) in [6.45, 7) is 0.442. The van der Waals surface area contributed by atoms with Crippen molar-refractivity contribution in [2.45, 2.75) is 6.54 Å². The van der Waals surface area contributed by atoms with Gasteiger partial charge in [0.1, 0.15) is 5.82 Å². The summed E-state index contributed by atoms with van der Waals surface area (Å²) < 4.78 is 29.1. The zero-order valence-electron chi connectivity index (χ0n) is 13.2. The van der Waals surface area contributed by atoms with Crippen LogP contribution in [0.4, 0.5) is 10.4 Å². The highest BCUT2D eigenvalue weighted by atomic mass is 19.1. The van der Waals surface area contributed by atoms with Gasteiger partial charge in [0, 0.05) is 6.54 Å². The van der Waals surface area contributed by atoms with Crippen LogP contribution in [0.5, 0.6) is 11.5 Å². The normalized spacial score (nSPS) is 10.5. The van der Waals surface area contributed by atoms with E-state index < -0.39 is 0 Å². The molecule has 24 heavy (non-hydrogen) atoms. The van der Waals surface area contributed by atoms with Gasteiger partial charge in [-0.3, -0.25) is 0 Å². The van der Waals surface area contributed by atoms with Crippen molar-refractivity contribution in [2.75, 3.05) is 19.5 Å². The zero-order chi connectivity index (χ0) is 16.9. The van der Waals surface area contributed by atoms with Crippen LogP contribution in [0.1, 0.15) is 5.56 Å². The molecule has 0 radical (unpaired) electrons. The van der Waals surface area contributed by atoms with Crippen LogP contribution in [0.2, 0.25) is 0 Å². The summed E-state index contributed by atoms with van der Waals surface area (Å²) in [6, 6.07) is 11.8. The summed E-state index contributed by atoms with van der Waals surface area (Å²) >= 11 is 0. The lowest BCUT2D eigenvalue weighted by Gasteiger charge is -2.09. The van der Waals surface area contributed by atoms with Gasteiger partial charge in [0.2, 0.25) is 0 Å². The van der Waals surface area contributed by atoms with E-state index in [1.165, 1.54) is 12.1 Å². The Kier molecular flexibility index (Phi) is 4.60. The second-order valence-electron chi connectivity index (χ2n) is 4.93. The summed E-state index contributed by atoms with van der Waals surface area (Å²) in [6.07, 6.45) is 0. The van der Waals surface area contributed by atoms with E-state index >= 15 is 0 Å². The summed E-state index contributed by atoms with van der Waals surface area (Å²) in [5.74, 6) is 1.14. The molecule has 124 valence electrons. The lowest BCUT2D eigenvalue weighted by Crippen LogP contribution is -1.99. The maximum absolute atomic E-state index is 12.9. The third-order valence-electron chi connectivity index (χ3n) is 3.42. The molecule has 7 heteroatoms. The fourth-order valence-electron chi connectivity index (χ4n) is 2.24. The fraction of sp³-hybridized carbons (Fsp3) is 0.176. The Labute approximate surface area is 138 Å². The van der Waals surface area contributed by atoms with E-state index in [9.17, 15) is 4.39 Å². The Balaban J connectivity index is 1.77. The van der Waals surface area contributed by atoms with Crippen molar-refractivity contribution in [3.05, 3.63) is 53.8 Å². The third kappa shape index (κ3) is 3.29. The van der Waals surface area contributed by atoms with Gasteiger partial charge in [-0.05, 0) is 29.8 Å². The molecule has 0 aliphatic heterocycles. The standard InChI is InChI=1S/C17H16FN3O3/c1-22-14-5-3-4-13(15(14)23-2)16-20-21-17(24-16)19-10-11-6-8-12(18)9-7-11/h3-9H,10H2,1-2H3,(H,19,21). The number of ether oxygens (including phenoxy) is 2. The van der Waals surface area contributed by atoms with Gasteiger partial charge in [0.15, 0.2) is 11.5 Å². The van der Waals surface area contributed by atoms with E-state index in [0.717, 1.165) is 5.56 Å². The molecule has 1 heterocycles. The molecule has 1 N–H and O–H groups in total. The molecular formula is C17H16FN3O3. The highest BCUT2D eigenvalue weighted by Gasteiger charge is 2.16. The number of methoxy groups -OCH3 is 2. The largest absolute Gasteiger partial charge is 0.493 e. The molecule has 0 fully saturated rings. The molecule has 3 aromatic rings. The number of hydrogen-bond donors (Lipinski definition) is 1. The van der Waals surface area contributed by atoms with Crippen LogP contribution in [-0.4, -0.2) is 24.4 Å². The first-order valence-electron chi connectivity index (χ1n) is 7.24. The number of hydrogen-bond acceptors (Lipinski definition) is 6. The van der Waals surface area contributed by atoms with Gasteiger partial charge in [0.05, 0.1) is 19.8 Å². The molecule has 0 aliphatic carbocycles. The van der Waals surface area contributed by atoms with Gasteiger partial charge in [-0.25, -0.2) is 4.39 Å². The van der Waals surface area contributed by atoms with E-state index in [-0.39, 0.29) is 11.8 Å². The van der Waals surface area contributed by atoms with E-state index in [1.807, 2.05) is 6.07 Å². The summed E-state index contributed by atoms with van der Waals surface area (Å²) in [5, 5.41) is 11.0. The van der Waals surface area contributed by atoms with Gasteiger partial charge in [-0.15, -0.1) is 5.10 Å². The van der Waals surface area contributed by atoms with Gasteiger partial charge < -0.3 is 19.2 Å². The van der Waals surface area contributed by atoms with E-state index in [1.54, 1.807) is 38.5 Å². The second kappa shape index (κ2) is 6.99. The number of halogens is 1. The van der Waals surface area contributed by atoms with E-state index in [0.29, 0.717) is 29.5 Å². The molecule has 0 atom stereocenters. The van der Waals surface area contributed by atoms with Crippen molar-refractivity contribution < 1.29 is 18.3 Å². The number of benzene rings is 2. The minimum Gasteiger partial charge on any atom is -0.493 e. The predicted octanol–water partition coefficient (Wildman–Crippen LogP) is 3.51. The summed E-state index contributed by atoms with van der Waals surface area (Å²) in [4.78, 5) is 0. The predicted molar refractivity (Wildman–Crippen MR) is 86.6 cm³/mol. The maximum Gasteiger partial charge on any atom is 0.316 e. The molecule has 0 aliphatic rings. The smallest absolute Gasteiger partial charge is 0.316 e. The first-order chi connectivity index (χ1) is 11.7. The van der Waals surface area contributed by atoms with Crippen molar-refractivity contribution in [1.82, 2.24) is 10.2 Å². The number of rotatable bonds is 6. The van der Waals surface area contributed by atoms with Crippen LogP contribution in [0, 0.1) is 5.82 Å². The molecule has 0 unspecified atom stereocenters. The second-order valence-corrected chi connectivity index (χ2v) is 4.93. The van der Waals surface area contributed by atoms with E-state index in [2.05, 4.69) is 15.5 Å². The topological polar surface area (TPSA) is 69.4 Å². The lowest BCUT2D eigenvalue weighted by molar-refractivity contribution is 0.355. The van der Waals surface area contributed by atoms with Crippen molar-refractivity contribution in [2.24, 2.45) is 0 Å². The van der Waals surface area contributed by atoms with Crippen LogP contribution in [-0.2, 0) is 6.54 Å². The molecule has 2 aromatic carbocycles. The lowest BCUT2D eigenvalue weighted by atomic mass is 10.2. The van der Waals surface area contributed by atoms with Crippen LogP contribution in [0.25, 0.3) is 11.5 Å². The number of aromatic nitrogens is 2. The van der Waals surface area contributed by atoms with E-state index in [4.69, 9.17) is 13.9 Å². The maximum atomic E-state index is 12.9. The van der Waals surface area contributed by atoms with Gasteiger partial charge in [-0.2, -0.15) is 0 Å². The Morgan fingerprint density at radius 2 is 1.83 bits per heavy atom. The number of nitrogens with one attached hydrogen (secondary N) is 1.